The molecule has 1 amide bonds. The normalized spacial score (nSPS) is 10.4. The fraction of sp³-hybridized carbons (Fsp3) is 0.435. The van der Waals surface area contributed by atoms with Crippen molar-refractivity contribution in [3.63, 3.8) is 0 Å². The number of anilines is 1. The monoisotopic (exact) mass is 463 g/mol. The molecule has 0 unspecified atom stereocenters. The fourth-order valence-corrected chi connectivity index (χ4v) is 4.25. The van der Waals surface area contributed by atoms with E-state index in [1.54, 1.807) is 33.3 Å². The molecule has 1 aromatic heterocycles. The van der Waals surface area contributed by atoms with Crippen molar-refractivity contribution in [2.75, 3.05) is 32.8 Å². The number of ether oxygens (including phenoxy) is 4. The molecule has 9 heteroatoms. The second kappa shape index (κ2) is 12.1. The zero-order chi connectivity index (χ0) is 23.7. The highest BCUT2D eigenvalue weighted by atomic mass is 32.1. The van der Waals surface area contributed by atoms with E-state index in [0.717, 1.165) is 22.4 Å². The summed E-state index contributed by atoms with van der Waals surface area (Å²) in [6, 6.07) is 5.39. The number of rotatable bonds is 11. The molecule has 174 valence electrons. The van der Waals surface area contributed by atoms with Gasteiger partial charge in [-0.25, -0.2) is 4.79 Å². The van der Waals surface area contributed by atoms with Crippen LogP contribution in [0.2, 0.25) is 0 Å². The quantitative estimate of drug-likeness (QED) is 0.504. The van der Waals surface area contributed by atoms with E-state index in [1.165, 1.54) is 11.3 Å². The van der Waals surface area contributed by atoms with Gasteiger partial charge in [0.05, 0.1) is 26.4 Å². The number of hydrogen-bond acceptors (Lipinski definition) is 8. The van der Waals surface area contributed by atoms with Gasteiger partial charge in [0.2, 0.25) is 0 Å². The van der Waals surface area contributed by atoms with Crippen LogP contribution < -0.4 is 14.8 Å². The Bertz CT molecular complexity index is 967. The first-order valence-electron chi connectivity index (χ1n) is 10.3. The van der Waals surface area contributed by atoms with E-state index < -0.39 is 24.5 Å². The van der Waals surface area contributed by atoms with Crippen LogP contribution >= 0.6 is 11.3 Å². The second-order valence-electron chi connectivity index (χ2n) is 6.83. The fourth-order valence-electron chi connectivity index (χ4n) is 3.10. The third-order valence-electron chi connectivity index (χ3n) is 4.73. The zero-order valence-corrected chi connectivity index (χ0v) is 19.9. The molecule has 32 heavy (non-hydrogen) atoms. The molecule has 1 N–H and O–H groups in total. The Kier molecular flexibility index (Phi) is 9.52. The molecular weight excluding hydrogens is 434 g/mol. The Hall–Kier alpha value is -3.07. The summed E-state index contributed by atoms with van der Waals surface area (Å²) in [7, 11) is 3.09. The second-order valence-corrected chi connectivity index (χ2v) is 7.93. The lowest BCUT2D eigenvalue weighted by molar-refractivity contribution is -0.147. The van der Waals surface area contributed by atoms with Crippen molar-refractivity contribution in [1.29, 1.82) is 0 Å². The lowest BCUT2D eigenvalue weighted by Crippen LogP contribution is -2.22. The minimum Gasteiger partial charge on any atom is -0.493 e. The van der Waals surface area contributed by atoms with E-state index in [4.69, 9.17) is 18.9 Å². The minimum absolute atomic E-state index is 0.106. The van der Waals surface area contributed by atoms with E-state index >= 15 is 0 Å². The van der Waals surface area contributed by atoms with Crippen LogP contribution in [0.1, 0.15) is 46.6 Å². The number of carbonyl (C=O) groups excluding carboxylic acids is 3. The Morgan fingerprint density at radius 1 is 1.03 bits per heavy atom. The third-order valence-corrected chi connectivity index (χ3v) is 6.08. The summed E-state index contributed by atoms with van der Waals surface area (Å²) in [5, 5.41) is 3.08. The Balaban J connectivity index is 1.92. The van der Waals surface area contributed by atoms with Crippen molar-refractivity contribution >= 4 is 34.2 Å². The van der Waals surface area contributed by atoms with Gasteiger partial charge in [0.1, 0.15) is 5.00 Å². The van der Waals surface area contributed by atoms with E-state index in [-0.39, 0.29) is 13.0 Å². The molecule has 0 saturated carbocycles. The van der Waals surface area contributed by atoms with Gasteiger partial charge in [-0.1, -0.05) is 13.0 Å². The van der Waals surface area contributed by atoms with Gasteiger partial charge in [-0.3, -0.25) is 9.59 Å². The maximum atomic E-state index is 12.3. The summed E-state index contributed by atoms with van der Waals surface area (Å²) in [4.78, 5) is 37.7. The summed E-state index contributed by atoms with van der Waals surface area (Å²) in [6.45, 7) is 5.32. The molecule has 2 rings (SSSR count). The molecule has 0 aliphatic heterocycles. The number of aryl methyl sites for hydroxylation is 2. The number of benzene rings is 1. The van der Waals surface area contributed by atoms with Crippen LogP contribution in [0.15, 0.2) is 18.2 Å². The van der Waals surface area contributed by atoms with Gasteiger partial charge in [-0.05, 0) is 49.9 Å². The average molecular weight is 464 g/mol. The summed E-state index contributed by atoms with van der Waals surface area (Å²) in [5.74, 6) is -0.320. The smallest absolute Gasteiger partial charge is 0.341 e. The van der Waals surface area contributed by atoms with Crippen molar-refractivity contribution in [3.05, 3.63) is 39.8 Å². The van der Waals surface area contributed by atoms with Crippen LogP contribution in [0, 0.1) is 6.92 Å². The number of amides is 1. The van der Waals surface area contributed by atoms with E-state index in [1.807, 2.05) is 19.9 Å². The Morgan fingerprint density at radius 2 is 1.75 bits per heavy atom. The van der Waals surface area contributed by atoms with Crippen LogP contribution in [0.4, 0.5) is 5.00 Å². The predicted octanol–water partition coefficient (Wildman–Crippen LogP) is 3.93. The standard InChI is InChI=1S/C23H29NO7S/c1-6-18-14(3)21(23(27)30-7-2)22(32-18)24-19(25)13-31-20(26)11-9-15-8-10-16(28-4)17(12-15)29-5/h8,10,12H,6-7,9,11,13H2,1-5H3,(H,24,25). The van der Waals surface area contributed by atoms with Gasteiger partial charge in [0.15, 0.2) is 18.1 Å². The first-order chi connectivity index (χ1) is 15.3. The van der Waals surface area contributed by atoms with Gasteiger partial charge in [-0.2, -0.15) is 0 Å². The highest BCUT2D eigenvalue weighted by molar-refractivity contribution is 7.17. The molecule has 2 aromatic rings. The van der Waals surface area contributed by atoms with Crippen LogP contribution in [0.3, 0.4) is 0 Å². The van der Waals surface area contributed by atoms with Crippen molar-refractivity contribution in [1.82, 2.24) is 0 Å². The average Bonchev–Trinajstić information content (AvgIpc) is 3.10. The van der Waals surface area contributed by atoms with Crippen molar-refractivity contribution in [3.8, 4) is 11.5 Å². The summed E-state index contributed by atoms with van der Waals surface area (Å²) in [5.41, 5.74) is 2.02. The minimum atomic E-state index is -0.515. The van der Waals surface area contributed by atoms with Crippen LogP contribution in [-0.4, -0.2) is 45.3 Å². The first kappa shape index (κ1) is 25.2. The third kappa shape index (κ3) is 6.46. The summed E-state index contributed by atoms with van der Waals surface area (Å²) >= 11 is 1.32. The number of hydrogen-bond donors (Lipinski definition) is 1. The van der Waals surface area contributed by atoms with Gasteiger partial charge >= 0.3 is 11.9 Å². The van der Waals surface area contributed by atoms with Crippen molar-refractivity contribution in [2.45, 2.75) is 40.0 Å². The lowest BCUT2D eigenvalue weighted by atomic mass is 10.1. The molecule has 1 heterocycles. The molecule has 0 fully saturated rings. The van der Waals surface area contributed by atoms with E-state index in [9.17, 15) is 14.4 Å². The van der Waals surface area contributed by atoms with Gasteiger partial charge in [-0.15, -0.1) is 11.3 Å². The largest absolute Gasteiger partial charge is 0.493 e. The van der Waals surface area contributed by atoms with Gasteiger partial charge in [0.25, 0.3) is 5.91 Å². The molecule has 8 nitrogen and oxygen atoms in total. The van der Waals surface area contributed by atoms with E-state index in [2.05, 4.69) is 5.32 Å². The molecular formula is C23H29NO7S. The Morgan fingerprint density at radius 3 is 2.38 bits per heavy atom. The number of nitrogens with one attached hydrogen (secondary N) is 1. The molecule has 0 radical (unpaired) electrons. The highest BCUT2D eigenvalue weighted by Gasteiger charge is 2.23. The van der Waals surface area contributed by atoms with Crippen molar-refractivity contribution < 1.29 is 33.3 Å². The van der Waals surface area contributed by atoms with E-state index in [0.29, 0.717) is 28.5 Å². The number of esters is 2. The molecule has 0 aliphatic carbocycles. The zero-order valence-electron chi connectivity index (χ0n) is 19.0. The van der Waals surface area contributed by atoms with Crippen LogP contribution in [0.25, 0.3) is 0 Å². The SMILES string of the molecule is CCOC(=O)c1c(NC(=O)COC(=O)CCc2ccc(OC)c(OC)c2)sc(CC)c1C. The molecule has 0 atom stereocenters. The molecule has 0 spiro atoms. The van der Waals surface area contributed by atoms with Crippen LogP contribution in [0.5, 0.6) is 11.5 Å². The van der Waals surface area contributed by atoms with Gasteiger partial charge < -0.3 is 24.3 Å². The van der Waals surface area contributed by atoms with Crippen molar-refractivity contribution in [2.24, 2.45) is 0 Å². The van der Waals surface area contributed by atoms with Gasteiger partial charge in [0, 0.05) is 11.3 Å². The molecule has 0 bridgehead atoms. The lowest BCUT2D eigenvalue weighted by Gasteiger charge is -2.10. The summed E-state index contributed by atoms with van der Waals surface area (Å²) in [6.07, 6.45) is 1.26. The summed E-state index contributed by atoms with van der Waals surface area (Å²) < 4.78 is 20.6. The molecule has 0 saturated heterocycles. The molecule has 0 aliphatic rings. The molecule has 1 aromatic carbocycles. The number of thiophene rings is 1. The number of methoxy groups -OCH3 is 2. The number of carbonyl (C=O) groups is 3. The maximum absolute atomic E-state index is 12.3. The maximum Gasteiger partial charge on any atom is 0.341 e. The van der Waals surface area contributed by atoms with Crippen LogP contribution in [-0.2, 0) is 31.9 Å². The first-order valence-corrected chi connectivity index (χ1v) is 11.1. The highest BCUT2D eigenvalue weighted by Crippen LogP contribution is 2.34. The topological polar surface area (TPSA) is 100 Å². The predicted molar refractivity (Wildman–Crippen MR) is 122 cm³/mol. The Labute approximate surface area is 191 Å².